The SMILES string of the molecule is CCNC(C)=O.[Zr]. The predicted octanol–water partition coefficient (Wildman–Crippen LogP) is 0.140. The largest absolute Gasteiger partial charge is 0.357 e. The monoisotopic (exact) mass is 177 g/mol. The van der Waals surface area contributed by atoms with Crippen molar-refractivity contribution in [1.29, 1.82) is 0 Å². The van der Waals surface area contributed by atoms with Crippen molar-refractivity contribution in [2.75, 3.05) is 6.54 Å². The number of hydrogen-bond donors (Lipinski definition) is 1. The molecule has 0 spiro atoms. The zero-order valence-electron chi connectivity index (χ0n) is 4.62. The molecule has 2 nitrogen and oxygen atoms in total. The molecule has 0 atom stereocenters. The summed E-state index contributed by atoms with van der Waals surface area (Å²) in [5.41, 5.74) is 0. The van der Waals surface area contributed by atoms with Crippen LogP contribution < -0.4 is 5.32 Å². The first kappa shape index (κ1) is 10.4. The summed E-state index contributed by atoms with van der Waals surface area (Å²) in [6, 6.07) is 0. The maximum absolute atomic E-state index is 9.93. The van der Waals surface area contributed by atoms with E-state index >= 15 is 0 Å². The molecule has 0 fully saturated rings. The molecule has 0 aliphatic rings. The third-order valence-corrected chi connectivity index (χ3v) is 0.426. The summed E-state index contributed by atoms with van der Waals surface area (Å²) in [6.45, 7) is 4.13. The zero-order chi connectivity index (χ0) is 4.99. The van der Waals surface area contributed by atoms with Crippen molar-refractivity contribution >= 4 is 5.91 Å². The fourth-order valence-electron chi connectivity index (χ4n) is 0.249. The summed E-state index contributed by atoms with van der Waals surface area (Å²) in [5.74, 6) is 0.0394. The van der Waals surface area contributed by atoms with Gasteiger partial charge in [-0.2, -0.15) is 0 Å². The second-order valence-electron chi connectivity index (χ2n) is 1.09. The van der Waals surface area contributed by atoms with E-state index in [1.54, 1.807) is 0 Å². The Labute approximate surface area is 62.8 Å². The van der Waals surface area contributed by atoms with Crippen LogP contribution in [0.4, 0.5) is 0 Å². The Morgan fingerprint density at radius 2 is 2.14 bits per heavy atom. The van der Waals surface area contributed by atoms with E-state index < -0.39 is 0 Å². The van der Waals surface area contributed by atoms with Crippen LogP contribution in [0.5, 0.6) is 0 Å². The smallest absolute Gasteiger partial charge is 0.216 e. The molecule has 0 saturated carbocycles. The van der Waals surface area contributed by atoms with Gasteiger partial charge in [0.05, 0.1) is 0 Å². The Balaban J connectivity index is 0. The minimum Gasteiger partial charge on any atom is -0.357 e. The minimum atomic E-state index is 0. The van der Waals surface area contributed by atoms with Gasteiger partial charge in [0, 0.05) is 39.7 Å². The average Bonchev–Trinajstić information content (AvgIpc) is 1.35. The van der Waals surface area contributed by atoms with Gasteiger partial charge >= 0.3 is 0 Å². The van der Waals surface area contributed by atoms with Gasteiger partial charge in [0.2, 0.25) is 5.91 Å². The van der Waals surface area contributed by atoms with Gasteiger partial charge in [0.1, 0.15) is 0 Å². The van der Waals surface area contributed by atoms with Gasteiger partial charge < -0.3 is 5.32 Å². The van der Waals surface area contributed by atoms with Crippen molar-refractivity contribution in [1.82, 2.24) is 5.32 Å². The molecule has 0 rings (SSSR count). The van der Waals surface area contributed by atoms with Crippen LogP contribution in [0.15, 0.2) is 0 Å². The third-order valence-electron chi connectivity index (χ3n) is 0.426. The number of carbonyl (C=O) groups excluding carboxylic acids is 1. The van der Waals surface area contributed by atoms with Gasteiger partial charge in [0.15, 0.2) is 0 Å². The molecule has 0 aliphatic carbocycles. The van der Waals surface area contributed by atoms with Crippen LogP contribution in [-0.4, -0.2) is 12.5 Å². The van der Waals surface area contributed by atoms with Crippen LogP contribution in [0.1, 0.15) is 13.8 Å². The van der Waals surface area contributed by atoms with Gasteiger partial charge in [-0.25, -0.2) is 0 Å². The van der Waals surface area contributed by atoms with Crippen LogP contribution in [-0.2, 0) is 31.0 Å². The van der Waals surface area contributed by atoms with Crippen molar-refractivity contribution in [3.05, 3.63) is 0 Å². The molecular weight excluding hydrogens is 169 g/mol. The van der Waals surface area contributed by atoms with Crippen LogP contribution in [0.25, 0.3) is 0 Å². The van der Waals surface area contributed by atoms with Gasteiger partial charge in [-0.1, -0.05) is 0 Å². The zero-order valence-corrected chi connectivity index (χ0v) is 7.07. The number of rotatable bonds is 1. The van der Waals surface area contributed by atoms with Gasteiger partial charge in [-0.05, 0) is 6.92 Å². The first-order chi connectivity index (χ1) is 2.77. The van der Waals surface area contributed by atoms with Crippen LogP contribution in [0.2, 0.25) is 0 Å². The first-order valence-electron chi connectivity index (χ1n) is 2.01. The molecule has 0 radical (unpaired) electrons. The quantitative estimate of drug-likeness (QED) is 0.608. The summed E-state index contributed by atoms with van der Waals surface area (Å²) >= 11 is 0. The van der Waals surface area contributed by atoms with E-state index in [0.717, 1.165) is 6.54 Å². The van der Waals surface area contributed by atoms with Crippen LogP contribution in [0.3, 0.4) is 0 Å². The van der Waals surface area contributed by atoms with E-state index in [0.29, 0.717) is 0 Å². The molecular formula is C4H9NOZr. The third kappa shape index (κ3) is 10.7. The number of nitrogens with one attached hydrogen (secondary N) is 1. The molecule has 1 amide bonds. The van der Waals surface area contributed by atoms with E-state index in [9.17, 15) is 4.79 Å². The van der Waals surface area contributed by atoms with Crippen molar-refractivity contribution < 1.29 is 31.0 Å². The van der Waals surface area contributed by atoms with Crippen LogP contribution >= 0.6 is 0 Å². The minimum absolute atomic E-state index is 0. The molecule has 40 valence electrons. The summed E-state index contributed by atoms with van der Waals surface area (Å²) in [4.78, 5) is 9.93. The van der Waals surface area contributed by atoms with Gasteiger partial charge in [-0.3, -0.25) is 4.79 Å². The average molecular weight is 178 g/mol. The van der Waals surface area contributed by atoms with Gasteiger partial charge in [-0.15, -0.1) is 0 Å². The molecule has 0 aromatic rings. The normalized spacial score (nSPS) is 6.57. The maximum Gasteiger partial charge on any atom is 0.216 e. The number of amides is 1. The van der Waals surface area contributed by atoms with E-state index in [1.165, 1.54) is 6.92 Å². The van der Waals surface area contributed by atoms with Crippen molar-refractivity contribution in [3.8, 4) is 0 Å². The fraction of sp³-hybridized carbons (Fsp3) is 0.750. The molecule has 0 unspecified atom stereocenters. The summed E-state index contributed by atoms with van der Waals surface area (Å²) in [6.07, 6.45) is 0. The standard InChI is InChI=1S/C4H9NO.Zr/c1-3-5-4(2)6;/h3H2,1-2H3,(H,5,6);. The van der Waals surface area contributed by atoms with E-state index in [1.807, 2.05) is 6.92 Å². The molecule has 1 N–H and O–H groups in total. The van der Waals surface area contributed by atoms with Crippen LogP contribution in [0, 0.1) is 0 Å². The van der Waals surface area contributed by atoms with E-state index in [-0.39, 0.29) is 32.1 Å². The molecule has 3 heteroatoms. The van der Waals surface area contributed by atoms with E-state index in [2.05, 4.69) is 5.32 Å². The van der Waals surface area contributed by atoms with Crippen molar-refractivity contribution in [3.63, 3.8) is 0 Å². The first-order valence-corrected chi connectivity index (χ1v) is 2.01. The molecule has 0 saturated heterocycles. The molecule has 0 bridgehead atoms. The maximum atomic E-state index is 9.93. The number of hydrogen-bond acceptors (Lipinski definition) is 1. The van der Waals surface area contributed by atoms with Crippen molar-refractivity contribution in [2.45, 2.75) is 13.8 Å². The molecule has 0 heterocycles. The summed E-state index contributed by atoms with van der Waals surface area (Å²) in [7, 11) is 0. The second kappa shape index (κ2) is 6.35. The van der Waals surface area contributed by atoms with Gasteiger partial charge in [0.25, 0.3) is 0 Å². The molecule has 0 aromatic carbocycles. The summed E-state index contributed by atoms with van der Waals surface area (Å²) < 4.78 is 0. The number of carbonyl (C=O) groups is 1. The summed E-state index contributed by atoms with van der Waals surface area (Å²) in [5, 5.41) is 2.57. The Morgan fingerprint density at radius 3 is 2.14 bits per heavy atom. The Hall–Kier alpha value is 0.353. The fourth-order valence-corrected chi connectivity index (χ4v) is 0.249. The topological polar surface area (TPSA) is 29.1 Å². The Kier molecular flexibility index (Phi) is 9.40. The predicted molar refractivity (Wildman–Crippen MR) is 24.4 cm³/mol. The molecule has 0 aliphatic heterocycles. The molecule has 7 heavy (non-hydrogen) atoms. The Morgan fingerprint density at radius 1 is 1.71 bits per heavy atom. The second-order valence-corrected chi connectivity index (χ2v) is 1.09. The Bertz CT molecular complexity index is 55.7. The van der Waals surface area contributed by atoms with E-state index in [4.69, 9.17) is 0 Å². The van der Waals surface area contributed by atoms with Crippen molar-refractivity contribution in [2.24, 2.45) is 0 Å². The molecule has 0 aromatic heterocycles.